The van der Waals surface area contributed by atoms with Gasteiger partial charge in [-0.3, -0.25) is 9.78 Å². The van der Waals surface area contributed by atoms with Crippen LogP contribution in [0.2, 0.25) is 0 Å². The van der Waals surface area contributed by atoms with Gasteiger partial charge in [0, 0.05) is 12.6 Å². The number of halogens is 1. The van der Waals surface area contributed by atoms with Crippen LogP contribution in [-0.4, -0.2) is 10.8 Å². The molecule has 0 saturated carbocycles. The number of carbonyl (C=O) groups is 1. The molecule has 0 bridgehead atoms. The van der Waals surface area contributed by atoms with Crippen molar-refractivity contribution in [1.29, 1.82) is 0 Å². The predicted molar refractivity (Wildman–Crippen MR) is 70.7 cm³/mol. The van der Waals surface area contributed by atoms with Crippen LogP contribution in [0.5, 0.6) is 0 Å². The van der Waals surface area contributed by atoms with Crippen LogP contribution in [0.3, 0.4) is 0 Å². The van der Waals surface area contributed by atoms with Crippen LogP contribution >= 0.6 is 0 Å². The van der Waals surface area contributed by atoms with Gasteiger partial charge in [0.15, 0.2) is 11.6 Å². The lowest BCUT2D eigenvalue weighted by atomic mass is 10.00. The van der Waals surface area contributed by atoms with Crippen molar-refractivity contribution < 1.29 is 9.18 Å². The van der Waals surface area contributed by atoms with Gasteiger partial charge in [-0.1, -0.05) is 18.2 Å². The second-order valence-electron chi connectivity index (χ2n) is 4.91. The van der Waals surface area contributed by atoms with E-state index in [1.807, 2.05) is 6.07 Å². The van der Waals surface area contributed by atoms with Gasteiger partial charge in [-0.15, -0.1) is 0 Å². The van der Waals surface area contributed by atoms with Crippen molar-refractivity contribution in [2.45, 2.75) is 25.7 Å². The quantitative estimate of drug-likeness (QED) is 0.789. The number of carbonyl (C=O) groups excluding carboxylic acids is 1. The number of nitrogens with zero attached hydrogens (tertiary/aromatic N) is 1. The molecule has 0 unspecified atom stereocenters. The second kappa shape index (κ2) is 4.92. The molecule has 1 aliphatic carbocycles. The Labute approximate surface area is 111 Å². The van der Waals surface area contributed by atoms with E-state index in [1.165, 1.54) is 29.8 Å². The maximum absolute atomic E-state index is 13.5. The zero-order valence-corrected chi connectivity index (χ0v) is 10.5. The molecule has 1 heterocycles. The Morgan fingerprint density at radius 1 is 1.21 bits per heavy atom. The van der Waals surface area contributed by atoms with Crippen LogP contribution in [0.1, 0.15) is 33.5 Å². The van der Waals surface area contributed by atoms with Crippen LogP contribution in [0, 0.1) is 5.82 Å². The molecule has 19 heavy (non-hydrogen) atoms. The fourth-order valence-electron chi connectivity index (χ4n) is 2.62. The molecule has 0 fully saturated rings. The minimum absolute atomic E-state index is 0.121. The van der Waals surface area contributed by atoms with Crippen molar-refractivity contribution in [3.8, 4) is 0 Å². The number of hydrogen-bond acceptors (Lipinski definition) is 2. The van der Waals surface area contributed by atoms with Crippen LogP contribution in [0.4, 0.5) is 4.39 Å². The molecule has 2 aromatic rings. The van der Waals surface area contributed by atoms with Gasteiger partial charge in [-0.25, -0.2) is 4.39 Å². The average molecular weight is 255 g/mol. The normalized spacial score (nSPS) is 13.3. The topological polar surface area (TPSA) is 30.0 Å². The summed E-state index contributed by atoms with van der Waals surface area (Å²) in [6, 6.07) is 7.58. The minimum Gasteiger partial charge on any atom is -0.294 e. The first-order valence-corrected chi connectivity index (χ1v) is 6.47. The maximum atomic E-state index is 13.5. The van der Waals surface area contributed by atoms with Crippen molar-refractivity contribution in [1.82, 2.24) is 4.98 Å². The smallest absolute Gasteiger partial charge is 0.170 e. The molecule has 2 nitrogen and oxygen atoms in total. The summed E-state index contributed by atoms with van der Waals surface area (Å²) in [5, 5.41) is 0. The van der Waals surface area contributed by atoms with Gasteiger partial charge in [-0.05, 0) is 42.0 Å². The fourth-order valence-corrected chi connectivity index (χ4v) is 2.62. The third-order valence-electron chi connectivity index (χ3n) is 3.60. The summed E-state index contributed by atoms with van der Waals surface area (Å²) in [6.45, 7) is 0. The first kappa shape index (κ1) is 12.0. The molecule has 1 aromatic carbocycles. The Kier molecular flexibility index (Phi) is 3.11. The number of aryl methyl sites for hydroxylation is 2. The Morgan fingerprint density at radius 2 is 2.05 bits per heavy atom. The molecule has 0 N–H and O–H groups in total. The van der Waals surface area contributed by atoms with E-state index in [0.29, 0.717) is 0 Å². The number of ketones is 1. The highest BCUT2D eigenvalue weighted by atomic mass is 19.1. The summed E-state index contributed by atoms with van der Waals surface area (Å²) >= 11 is 0. The average Bonchev–Trinajstić information content (AvgIpc) is 2.86. The second-order valence-corrected chi connectivity index (χ2v) is 4.91. The van der Waals surface area contributed by atoms with E-state index < -0.39 is 5.82 Å². The molecule has 1 aromatic heterocycles. The molecular formula is C16H14FNO. The lowest BCUT2D eigenvalue weighted by Gasteiger charge is -2.05. The van der Waals surface area contributed by atoms with E-state index in [9.17, 15) is 9.18 Å². The highest BCUT2D eigenvalue weighted by molar-refractivity contribution is 5.97. The lowest BCUT2D eigenvalue weighted by molar-refractivity contribution is 0.0989. The molecule has 0 amide bonds. The molecule has 0 radical (unpaired) electrons. The number of pyridine rings is 1. The minimum atomic E-state index is -0.548. The first-order chi connectivity index (χ1) is 9.24. The van der Waals surface area contributed by atoms with E-state index in [1.54, 1.807) is 0 Å². The largest absolute Gasteiger partial charge is 0.294 e. The number of rotatable bonds is 3. The van der Waals surface area contributed by atoms with Crippen LogP contribution < -0.4 is 0 Å². The van der Waals surface area contributed by atoms with E-state index >= 15 is 0 Å². The van der Waals surface area contributed by atoms with Crippen molar-refractivity contribution in [2.75, 3.05) is 0 Å². The zero-order chi connectivity index (χ0) is 13.2. The van der Waals surface area contributed by atoms with E-state index in [4.69, 9.17) is 0 Å². The Balaban J connectivity index is 1.82. The summed E-state index contributed by atoms with van der Waals surface area (Å²) in [6.07, 6.45) is 6.17. The highest BCUT2D eigenvalue weighted by Crippen LogP contribution is 2.23. The van der Waals surface area contributed by atoms with Gasteiger partial charge in [0.25, 0.3) is 0 Å². The number of Topliss-reactive ketones (excluding diaryl/α,β-unsaturated/α-hetero) is 1. The van der Waals surface area contributed by atoms with Crippen molar-refractivity contribution in [3.05, 3.63) is 64.7 Å². The van der Waals surface area contributed by atoms with Crippen LogP contribution in [0.15, 0.2) is 36.7 Å². The molecule has 0 atom stereocenters. The first-order valence-electron chi connectivity index (χ1n) is 6.47. The van der Waals surface area contributed by atoms with E-state index in [2.05, 4.69) is 17.1 Å². The Bertz CT molecular complexity index is 636. The number of hydrogen-bond donors (Lipinski definition) is 0. The van der Waals surface area contributed by atoms with E-state index in [-0.39, 0.29) is 17.8 Å². The molecule has 0 aliphatic heterocycles. The monoisotopic (exact) mass is 255 g/mol. The van der Waals surface area contributed by atoms with Gasteiger partial charge in [0.2, 0.25) is 0 Å². The molecule has 1 aliphatic rings. The predicted octanol–water partition coefficient (Wildman–Crippen LogP) is 3.13. The van der Waals surface area contributed by atoms with Gasteiger partial charge in [0.1, 0.15) is 0 Å². The van der Waals surface area contributed by atoms with E-state index in [0.717, 1.165) is 24.6 Å². The van der Waals surface area contributed by atoms with Gasteiger partial charge in [-0.2, -0.15) is 0 Å². The molecule has 3 rings (SSSR count). The summed E-state index contributed by atoms with van der Waals surface area (Å²) in [5.41, 5.74) is 3.80. The third-order valence-corrected chi connectivity index (χ3v) is 3.60. The SMILES string of the molecule is O=C(Cc1ccc2c(c1)CCC2)c1ccncc1F. The number of fused-ring (bicyclic) bond motifs is 1. The molecule has 3 heteroatoms. The third kappa shape index (κ3) is 2.41. The standard InChI is InChI=1S/C16H14FNO/c17-15-10-18-7-6-14(15)16(19)9-11-4-5-12-2-1-3-13(12)8-11/h4-8,10H,1-3,9H2. The number of benzene rings is 1. The summed E-state index contributed by atoms with van der Waals surface area (Å²) in [4.78, 5) is 15.7. The van der Waals surface area contributed by atoms with Crippen LogP contribution in [-0.2, 0) is 19.3 Å². The van der Waals surface area contributed by atoms with Gasteiger partial charge in [0.05, 0.1) is 11.8 Å². The van der Waals surface area contributed by atoms with Crippen molar-refractivity contribution >= 4 is 5.78 Å². The lowest BCUT2D eigenvalue weighted by Crippen LogP contribution is -2.06. The van der Waals surface area contributed by atoms with Crippen molar-refractivity contribution in [3.63, 3.8) is 0 Å². The van der Waals surface area contributed by atoms with Gasteiger partial charge >= 0.3 is 0 Å². The summed E-state index contributed by atoms with van der Waals surface area (Å²) in [5.74, 6) is -0.744. The zero-order valence-electron chi connectivity index (χ0n) is 10.5. The fraction of sp³-hybridized carbons (Fsp3) is 0.250. The van der Waals surface area contributed by atoms with Gasteiger partial charge < -0.3 is 0 Å². The number of aromatic nitrogens is 1. The Morgan fingerprint density at radius 3 is 2.89 bits per heavy atom. The molecule has 0 saturated heterocycles. The molecular weight excluding hydrogens is 241 g/mol. The maximum Gasteiger partial charge on any atom is 0.170 e. The Hall–Kier alpha value is -2.03. The highest BCUT2D eigenvalue weighted by Gasteiger charge is 2.15. The summed E-state index contributed by atoms with van der Waals surface area (Å²) < 4.78 is 13.5. The van der Waals surface area contributed by atoms with Crippen LogP contribution in [0.25, 0.3) is 0 Å². The van der Waals surface area contributed by atoms with Crippen molar-refractivity contribution in [2.24, 2.45) is 0 Å². The molecule has 0 spiro atoms. The molecule has 96 valence electrons. The summed E-state index contributed by atoms with van der Waals surface area (Å²) in [7, 11) is 0.